The highest BCUT2D eigenvalue weighted by atomic mass is 16.5. The average Bonchev–Trinajstić information content (AvgIpc) is 2.44. The molecule has 0 aliphatic rings. The Morgan fingerprint density at radius 2 is 1.95 bits per heavy atom. The van der Waals surface area contributed by atoms with Gasteiger partial charge in [-0.2, -0.15) is 0 Å². The second-order valence-electron chi connectivity index (χ2n) is 5.48. The number of methoxy groups -OCH3 is 1. The van der Waals surface area contributed by atoms with E-state index in [-0.39, 0.29) is 5.91 Å². The molecule has 0 aliphatic heterocycles. The van der Waals surface area contributed by atoms with E-state index in [1.165, 1.54) is 4.90 Å². The molecule has 5 heteroatoms. The van der Waals surface area contributed by atoms with Crippen LogP contribution in [0.25, 0.3) is 0 Å². The SMILES string of the molecule is COc1cccc(CNC(C)C)c1OC(C)C(=O)N(C)C. The predicted octanol–water partition coefficient (Wildman–Crippen LogP) is 2.05. The fourth-order valence-electron chi connectivity index (χ4n) is 1.90. The lowest BCUT2D eigenvalue weighted by molar-refractivity contribution is -0.135. The molecule has 1 rings (SSSR count). The van der Waals surface area contributed by atoms with E-state index in [0.29, 0.717) is 24.1 Å². The van der Waals surface area contributed by atoms with Crippen LogP contribution in [0.1, 0.15) is 26.3 Å². The molecule has 21 heavy (non-hydrogen) atoms. The van der Waals surface area contributed by atoms with Crippen molar-refractivity contribution < 1.29 is 14.3 Å². The first-order chi connectivity index (χ1) is 9.86. The monoisotopic (exact) mass is 294 g/mol. The maximum absolute atomic E-state index is 12.0. The van der Waals surface area contributed by atoms with Gasteiger partial charge in [0.25, 0.3) is 5.91 Å². The van der Waals surface area contributed by atoms with Crippen LogP contribution in [0.4, 0.5) is 0 Å². The van der Waals surface area contributed by atoms with Gasteiger partial charge in [-0.15, -0.1) is 0 Å². The molecule has 0 radical (unpaired) electrons. The number of carbonyl (C=O) groups excluding carboxylic acids is 1. The van der Waals surface area contributed by atoms with E-state index in [1.54, 1.807) is 28.1 Å². The molecule has 1 amide bonds. The lowest BCUT2D eigenvalue weighted by atomic mass is 10.1. The maximum Gasteiger partial charge on any atom is 0.262 e. The van der Waals surface area contributed by atoms with Crippen LogP contribution in [0.3, 0.4) is 0 Å². The van der Waals surface area contributed by atoms with Crippen molar-refractivity contribution in [2.45, 2.75) is 39.5 Å². The van der Waals surface area contributed by atoms with E-state index in [1.807, 2.05) is 18.2 Å². The Labute approximate surface area is 127 Å². The van der Waals surface area contributed by atoms with E-state index in [4.69, 9.17) is 9.47 Å². The third kappa shape index (κ3) is 4.93. The summed E-state index contributed by atoms with van der Waals surface area (Å²) < 4.78 is 11.2. The van der Waals surface area contributed by atoms with Gasteiger partial charge in [0.05, 0.1) is 7.11 Å². The van der Waals surface area contributed by atoms with Gasteiger partial charge in [0.2, 0.25) is 0 Å². The van der Waals surface area contributed by atoms with Crippen LogP contribution < -0.4 is 14.8 Å². The number of hydrogen-bond acceptors (Lipinski definition) is 4. The molecule has 0 aliphatic carbocycles. The molecule has 0 aromatic heterocycles. The number of ether oxygens (including phenoxy) is 2. The zero-order valence-electron chi connectivity index (χ0n) is 13.8. The normalized spacial score (nSPS) is 12.1. The summed E-state index contributed by atoms with van der Waals surface area (Å²) in [6, 6.07) is 6.09. The minimum Gasteiger partial charge on any atom is -0.493 e. The van der Waals surface area contributed by atoms with Crippen LogP contribution >= 0.6 is 0 Å². The summed E-state index contributed by atoms with van der Waals surface area (Å²) in [5.74, 6) is 1.18. The standard InChI is InChI=1S/C16H26N2O3/c1-11(2)17-10-13-8-7-9-14(20-6)15(13)21-12(3)16(19)18(4)5/h7-9,11-12,17H,10H2,1-6H3. The molecule has 1 unspecified atom stereocenters. The first-order valence-electron chi connectivity index (χ1n) is 7.13. The summed E-state index contributed by atoms with van der Waals surface area (Å²) in [6.07, 6.45) is -0.561. The molecule has 118 valence electrons. The van der Waals surface area contributed by atoms with Crippen LogP contribution in [0.2, 0.25) is 0 Å². The molecule has 1 N–H and O–H groups in total. The number of benzene rings is 1. The molecule has 0 bridgehead atoms. The van der Waals surface area contributed by atoms with Crippen LogP contribution in [-0.4, -0.2) is 44.2 Å². The first-order valence-corrected chi connectivity index (χ1v) is 7.13. The zero-order chi connectivity index (χ0) is 16.0. The summed E-state index contributed by atoms with van der Waals surface area (Å²) in [5, 5.41) is 3.35. The van der Waals surface area contributed by atoms with Gasteiger partial charge in [0.1, 0.15) is 0 Å². The van der Waals surface area contributed by atoms with Gasteiger partial charge < -0.3 is 19.7 Å². The molecule has 0 saturated heterocycles. The van der Waals surface area contributed by atoms with Gasteiger partial charge in [0, 0.05) is 32.2 Å². The largest absolute Gasteiger partial charge is 0.493 e. The van der Waals surface area contributed by atoms with E-state index >= 15 is 0 Å². The molecule has 5 nitrogen and oxygen atoms in total. The quantitative estimate of drug-likeness (QED) is 0.836. The Kier molecular flexibility index (Phi) is 6.49. The van der Waals surface area contributed by atoms with Crippen molar-refractivity contribution in [3.05, 3.63) is 23.8 Å². The Morgan fingerprint density at radius 1 is 1.29 bits per heavy atom. The van der Waals surface area contributed by atoms with Crippen molar-refractivity contribution in [1.82, 2.24) is 10.2 Å². The predicted molar refractivity (Wildman–Crippen MR) is 83.8 cm³/mol. The minimum absolute atomic E-state index is 0.0799. The summed E-state index contributed by atoms with van der Waals surface area (Å²) in [7, 11) is 5.03. The Bertz CT molecular complexity index is 473. The minimum atomic E-state index is -0.561. The van der Waals surface area contributed by atoms with Gasteiger partial charge in [-0.25, -0.2) is 0 Å². The van der Waals surface area contributed by atoms with E-state index < -0.39 is 6.10 Å². The Hall–Kier alpha value is -1.75. The van der Waals surface area contributed by atoms with Crippen LogP contribution in [0.5, 0.6) is 11.5 Å². The fourth-order valence-corrected chi connectivity index (χ4v) is 1.90. The summed E-state index contributed by atoms with van der Waals surface area (Å²) in [6.45, 7) is 6.57. The van der Waals surface area contributed by atoms with Gasteiger partial charge in [0.15, 0.2) is 17.6 Å². The highest BCUT2D eigenvalue weighted by Crippen LogP contribution is 2.32. The zero-order valence-corrected chi connectivity index (χ0v) is 13.8. The Balaban J connectivity index is 2.98. The highest BCUT2D eigenvalue weighted by Gasteiger charge is 2.20. The van der Waals surface area contributed by atoms with Crippen molar-refractivity contribution in [3.8, 4) is 11.5 Å². The third-order valence-electron chi connectivity index (χ3n) is 3.06. The fraction of sp³-hybridized carbons (Fsp3) is 0.562. The number of rotatable bonds is 7. The van der Waals surface area contributed by atoms with Crippen LogP contribution in [0.15, 0.2) is 18.2 Å². The van der Waals surface area contributed by atoms with Gasteiger partial charge in [-0.05, 0) is 13.0 Å². The number of amides is 1. The van der Waals surface area contributed by atoms with Gasteiger partial charge in [-0.1, -0.05) is 26.0 Å². The first kappa shape index (κ1) is 17.3. The summed E-state index contributed by atoms with van der Waals surface area (Å²) in [4.78, 5) is 13.5. The van der Waals surface area contributed by atoms with E-state index in [9.17, 15) is 4.79 Å². The number of carbonyl (C=O) groups is 1. The summed E-state index contributed by atoms with van der Waals surface area (Å²) in [5.41, 5.74) is 0.974. The maximum atomic E-state index is 12.0. The molecule has 1 aromatic rings. The van der Waals surface area contributed by atoms with Gasteiger partial charge >= 0.3 is 0 Å². The van der Waals surface area contributed by atoms with Crippen LogP contribution in [0, 0.1) is 0 Å². The number of hydrogen-bond donors (Lipinski definition) is 1. The second-order valence-corrected chi connectivity index (χ2v) is 5.48. The topological polar surface area (TPSA) is 50.8 Å². The molecule has 1 atom stereocenters. The molecule has 0 heterocycles. The number of likely N-dealkylation sites (N-methyl/N-ethyl adjacent to an activating group) is 1. The number of nitrogens with zero attached hydrogens (tertiary/aromatic N) is 1. The van der Waals surface area contributed by atoms with Crippen molar-refractivity contribution in [2.75, 3.05) is 21.2 Å². The molecule has 1 aromatic carbocycles. The van der Waals surface area contributed by atoms with Crippen molar-refractivity contribution >= 4 is 5.91 Å². The number of para-hydroxylation sites is 1. The second kappa shape index (κ2) is 7.88. The number of nitrogens with one attached hydrogen (secondary N) is 1. The Morgan fingerprint density at radius 3 is 2.48 bits per heavy atom. The molecule has 0 fully saturated rings. The van der Waals surface area contributed by atoms with E-state index in [2.05, 4.69) is 19.2 Å². The van der Waals surface area contributed by atoms with Crippen molar-refractivity contribution in [2.24, 2.45) is 0 Å². The van der Waals surface area contributed by atoms with Crippen LogP contribution in [-0.2, 0) is 11.3 Å². The molecular formula is C16H26N2O3. The molecule has 0 saturated carbocycles. The smallest absolute Gasteiger partial charge is 0.262 e. The lowest BCUT2D eigenvalue weighted by Crippen LogP contribution is -2.35. The van der Waals surface area contributed by atoms with Crippen molar-refractivity contribution in [3.63, 3.8) is 0 Å². The van der Waals surface area contributed by atoms with Crippen molar-refractivity contribution in [1.29, 1.82) is 0 Å². The molecule has 0 spiro atoms. The lowest BCUT2D eigenvalue weighted by Gasteiger charge is -2.22. The summed E-state index contributed by atoms with van der Waals surface area (Å²) >= 11 is 0. The van der Waals surface area contributed by atoms with Gasteiger partial charge in [-0.3, -0.25) is 4.79 Å². The third-order valence-corrected chi connectivity index (χ3v) is 3.06. The molecular weight excluding hydrogens is 268 g/mol. The average molecular weight is 294 g/mol. The van der Waals surface area contributed by atoms with E-state index in [0.717, 1.165) is 5.56 Å². The highest BCUT2D eigenvalue weighted by molar-refractivity contribution is 5.80.